The van der Waals surface area contributed by atoms with Crippen LogP contribution in [-0.2, 0) is 4.79 Å². The lowest BCUT2D eigenvalue weighted by Crippen LogP contribution is -2.31. The highest BCUT2D eigenvalue weighted by Gasteiger charge is 2.08. The lowest BCUT2D eigenvalue weighted by molar-refractivity contribution is -0.123. The van der Waals surface area contributed by atoms with Gasteiger partial charge in [0.2, 0.25) is 0 Å². The van der Waals surface area contributed by atoms with Crippen LogP contribution < -0.4 is 10.1 Å². The smallest absolute Gasteiger partial charge is 0.257 e. The predicted octanol–water partition coefficient (Wildman–Crippen LogP) is 1.96. The van der Waals surface area contributed by atoms with Gasteiger partial charge in [0.25, 0.3) is 5.91 Å². The normalized spacial score (nSPS) is 11.7. The van der Waals surface area contributed by atoms with E-state index in [4.69, 9.17) is 4.74 Å². The van der Waals surface area contributed by atoms with Crippen LogP contribution in [-0.4, -0.2) is 39.3 Å². The quantitative estimate of drug-likeness (QED) is 0.713. The van der Waals surface area contributed by atoms with Crippen molar-refractivity contribution < 1.29 is 9.53 Å². The zero-order valence-corrected chi connectivity index (χ0v) is 13.9. The first kappa shape index (κ1) is 16.6. The van der Waals surface area contributed by atoms with Crippen molar-refractivity contribution >= 4 is 5.91 Å². The summed E-state index contributed by atoms with van der Waals surface area (Å²) in [5.74, 6) is 0.670. The Labute approximate surface area is 145 Å². The molecule has 1 atom stereocenters. The SMILES string of the molecule is C[C@H](CNC(=O)COc1cccc(-n2cnnn2)c1)c1ccccc1. The topological polar surface area (TPSA) is 81.9 Å². The maximum absolute atomic E-state index is 12.0. The van der Waals surface area contributed by atoms with Gasteiger partial charge in [-0.15, -0.1) is 5.10 Å². The molecule has 0 bridgehead atoms. The highest BCUT2D eigenvalue weighted by Crippen LogP contribution is 2.16. The second kappa shape index (κ2) is 8.05. The maximum Gasteiger partial charge on any atom is 0.257 e. The lowest BCUT2D eigenvalue weighted by atomic mass is 10.0. The third kappa shape index (κ3) is 4.63. The summed E-state index contributed by atoms with van der Waals surface area (Å²) in [5.41, 5.74) is 1.96. The number of nitrogens with zero attached hydrogens (tertiary/aromatic N) is 4. The van der Waals surface area contributed by atoms with E-state index in [0.717, 1.165) is 5.69 Å². The van der Waals surface area contributed by atoms with Gasteiger partial charge in [0.1, 0.15) is 12.1 Å². The summed E-state index contributed by atoms with van der Waals surface area (Å²) >= 11 is 0. The second-order valence-electron chi connectivity index (χ2n) is 5.66. The predicted molar refractivity (Wildman–Crippen MR) is 92.5 cm³/mol. The van der Waals surface area contributed by atoms with Crippen LogP contribution in [0.25, 0.3) is 5.69 Å². The molecule has 7 heteroatoms. The van der Waals surface area contributed by atoms with Crippen LogP contribution in [0.1, 0.15) is 18.4 Å². The van der Waals surface area contributed by atoms with Crippen LogP contribution >= 0.6 is 0 Å². The van der Waals surface area contributed by atoms with E-state index in [1.54, 1.807) is 12.1 Å². The molecule has 25 heavy (non-hydrogen) atoms. The molecule has 2 aromatic carbocycles. The molecule has 3 aromatic rings. The minimum atomic E-state index is -0.157. The molecule has 0 unspecified atom stereocenters. The van der Waals surface area contributed by atoms with Crippen molar-refractivity contribution in [2.24, 2.45) is 0 Å². The molecular formula is C18H19N5O2. The van der Waals surface area contributed by atoms with Crippen molar-refractivity contribution in [3.05, 3.63) is 66.5 Å². The molecule has 3 rings (SSSR count). The van der Waals surface area contributed by atoms with E-state index < -0.39 is 0 Å². The number of carbonyl (C=O) groups excluding carboxylic acids is 1. The van der Waals surface area contributed by atoms with Gasteiger partial charge in [-0.2, -0.15) is 0 Å². The zero-order valence-electron chi connectivity index (χ0n) is 13.9. The van der Waals surface area contributed by atoms with Crippen molar-refractivity contribution in [2.75, 3.05) is 13.2 Å². The minimum Gasteiger partial charge on any atom is -0.484 e. The molecule has 1 aromatic heterocycles. The Kier molecular flexibility index (Phi) is 5.36. The van der Waals surface area contributed by atoms with Gasteiger partial charge in [-0.05, 0) is 34.0 Å². The molecule has 0 saturated heterocycles. The van der Waals surface area contributed by atoms with Gasteiger partial charge >= 0.3 is 0 Å². The average Bonchev–Trinajstić information content (AvgIpc) is 3.20. The Morgan fingerprint density at radius 3 is 2.80 bits per heavy atom. The number of amides is 1. The maximum atomic E-state index is 12.0. The number of benzene rings is 2. The fourth-order valence-electron chi connectivity index (χ4n) is 2.36. The van der Waals surface area contributed by atoms with Gasteiger partial charge in [-0.1, -0.05) is 43.3 Å². The Morgan fingerprint density at radius 2 is 2.04 bits per heavy atom. The first-order valence-electron chi connectivity index (χ1n) is 8.00. The molecule has 0 aliphatic rings. The largest absolute Gasteiger partial charge is 0.484 e. The molecule has 0 saturated carbocycles. The van der Waals surface area contributed by atoms with Gasteiger partial charge in [0.15, 0.2) is 6.61 Å². The number of ether oxygens (including phenoxy) is 1. The van der Waals surface area contributed by atoms with Crippen LogP contribution in [0.4, 0.5) is 0 Å². The molecule has 0 aliphatic heterocycles. The van der Waals surface area contributed by atoms with Gasteiger partial charge in [-0.3, -0.25) is 4.79 Å². The van der Waals surface area contributed by atoms with E-state index >= 15 is 0 Å². The van der Waals surface area contributed by atoms with E-state index in [1.807, 2.05) is 30.3 Å². The number of aromatic nitrogens is 4. The number of hydrogen-bond acceptors (Lipinski definition) is 5. The summed E-state index contributed by atoms with van der Waals surface area (Å²) in [6.45, 7) is 2.60. The van der Waals surface area contributed by atoms with E-state index in [9.17, 15) is 4.79 Å². The van der Waals surface area contributed by atoms with Gasteiger partial charge in [0, 0.05) is 12.6 Å². The van der Waals surface area contributed by atoms with Crippen molar-refractivity contribution in [2.45, 2.75) is 12.8 Å². The Bertz CT molecular complexity index is 805. The minimum absolute atomic E-state index is 0.0411. The van der Waals surface area contributed by atoms with Crippen LogP contribution in [0.5, 0.6) is 5.75 Å². The first-order valence-corrected chi connectivity index (χ1v) is 8.00. The van der Waals surface area contributed by atoms with Gasteiger partial charge in [0.05, 0.1) is 5.69 Å². The first-order chi connectivity index (χ1) is 12.2. The van der Waals surface area contributed by atoms with E-state index in [2.05, 4.69) is 39.9 Å². The van der Waals surface area contributed by atoms with E-state index in [0.29, 0.717) is 12.3 Å². The second-order valence-corrected chi connectivity index (χ2v) is 5.66. The van der Waals surface area contributed by atoms with Crippen molar-refractivity contribution in [3.63, 3.8) is 0 Å². The van der Waals surface area contributed by atoms with Gasteiger partial charge < -0.3 is 10.1 Å². The van der Waals surface area contributed by atoms with E-state index in [1.165, 1.54) is 16.6 Å². The molecule has 0 fully saturated rings. The average molecular weight is 337 g/mol. The summed E-state index contributed by atoms with van der Waals surface area (Å²) in [6.07, 6.45) is 1.50. The Balaban J connectivity index is 1.48. The number of hydrogen-bond donors (Lipinski definition) is 1. The van der Waals surface area contributed by atoms with Crippen molar-refractivity contribution in [1.29, 1.82) is 0 Å². The standard InChI is InChI=1S/C18H19N5O2/c1-14(15-6-3-2-4-7-15)11-19-18(24)12-25-17-9-5-8-16(10-17)23-13-20-21-22-23/h2-10,13-14H,11-12H2,1H3,(H,19,24)/t14-/m1/s1. The third-order valence-corrected chi connectivity index (χ3v) is 3.78. The van der Waals surface area contributed by atoms with E-state index in [-0.39, 0.29) is 18.4 Å². The van der Waals surface area contributed by atoms with Crippen molar-refractivity contribution in [1.82, 2.24) is 25.5 Å². The van der Waals surface area contributed by atoms with Crippen LogP contribution in [0.15, 0.2) is 60.9 Å². The van der Waals surface area contributed by atoms with Crippen LogP contribution in [0.2, 0.25) is 0 Å². The van der Waals surface area contributed by atoms with Crippen molar-refractivity contribution in [3.8, 4) is 11.4 Å². The Hall–Kier alpha value is -3.22. The monoisotopic (exact) mass is 337 g/mol. The third-order valence-electron chi connectivity index (χ3n) is 3.78. The fourth-order valence-corrected chi connectivity index (χ4v) is 2.36. The number of carbonyl (C=O) groups is 1. The molecule has 1 amide bonds. The number of nitrogens with one attached hydrogen (secondary N) is 1. The zero-order chi connectivity index (χ0) is 17.5. The molecule has 0 aliphatic carbocycles. The fraction of sp³-hybridized carbons (Fsp3) is 0.222. The number of rotatable bonds is 7. The van der Waals surface area contributed by atoms with Crippen LogP contribution in [0, 0.1) is 0 Å². The Morgan fingerprint density at radius 1 is 1.20 bits per heavy atom. The highest BCUT2D eigenvalue weighted by atomic mass is 16.5. The summed E-state index contributed by atoms with van der Waals surface area (Å²) in [7, 11) is 0. The summed E-state index contributed by atoms with van der Waals surface area (Å²) in [5, 5.41) is 13.9. The highest BCUT2D eigenvalue weighted by molar-refractivity contribution is 5.77. The summed E-state index contributed by atoms with van der Waals surface area (Å²) < 4.78 is 7.07. The number of tetrazole rings is 1. The molecule has 0 spiro atoms. The van der Waals surface area contributed by atoms with Gasteiger partial charge in [-0.25, -0.2) is 4.68 Å². The summed E-state index contributed by atoms with van der Waals surface area (Å²) in [6, 6.07) is 17.3. The molecule has 1 heterocycles. The lowest BCUT2D eigenvalue weighted by Gasteiger charge is -2.13. The molecule has 1 N–H and O–H groups in total. The summed E-state index contributed by atoms with van der Waals surface area (Å²) in [4.78, 5) is 12.0. The molecule has 7 nitrogen and oxygen atoms in total. The van der Waals surface area contributed by atoms with Crippen LogP contribution in [0.3, 0.4) is 0 Å². The molecular weight excluding hydrogens is 318 g/mol. The molecule has 128 valence electrons. The molecule has 0 radical (unpaired) electrons.